The summed E-state index contributed by atoms with van der Waals surface area (Å²) in [7, 11) is 0. The Morgan fingerprint density at radius 3 is 2.75 bits per heavy atom. The van der Waals surface area contributed by atoms with Gasteiger partial charge in [0, 0.05) is 10.7 Å². The molecule has 2 heterocycles. The van der Waals surface area contributed by atoms with E-state index in [1.165, 1.54) is 18.0 Å². The molecule has 0 aliphatic carbocycles. The number of pyridine rings is 1. The van der Waals surface area contributed by atoms with Crippen LogP contribution in [0, 0.1) is 0 Å². The highest BCUT2D eigenvalue weighted by atomic mass is 79.9. The van der Waals surface area contributed by atoms with E-state index in [-0.39, 0.29) is 5.28 Å². The molecule has 0 atom stereocenters. The third-order valence-electron chi connectivity index (χ3n) is 1.65. The van der Waals surface area contributed by atoms with E-state index in [0.717, 1.165) is 9.50 Å². The molecule has 2 N–H and O–H groups in total. The van der Waals surface area contributed by atoms with Gasteiger partial charge >= 0.3 is 0 Å². The van der Waals surface area contributed by atoms with E-state index in [1.54, 1.807) is 6.20 Å². The van der Waals surface area contributed by atoms with Crippen LogP contribution >= 0.6 is 39.3 Å². The summed E-state index contributed by atoms with van der Waals surface area (Å²) in [6.07, 6.45) is 3.19. The number of nitrogens with two attached hydrogens (primary N) is 1. The molecular weight excluding hydrogens is 312 g/mol. The summed E-state index contributed by atoms with van der Waals surface area (Å²) in [6.45, 7) is 0. The lowest BCUT2D eigenvalue weighted by Crippen LogP contribution is -1.94. The number of hydrogen-bond donors (Lipinski definition) is 1. The maximum Gasteiger partial charge on any atom is 0.223 e. The van der Waals surface area contributed by atoms with Gasteiger partial charge in [0.05, 0.1) is 11.9 Å². The lowest BCUT2D eigenvalue weighted by Gasteiger charge is -2.03. The van der Waals surface area contributed by atoms with E-state index in [4.69, 9.17) is 17.3 Å². The molecule has 0 fully saturated rings. The first-order valence-corrected chi connectivity index (χ1v) is 6.21. The molecule has 2 aromatic heterocycles. The van der Waals surface area contributed by atoms with Gasteiger partial charge in [0.1, 0.15) is 10.1 Å². The highest BCUT2D eigenvalue weighted by Gasteiger charge is 2.06. The average molecular weight is 318 g/mol. The Morgan fingerprint density at radius 2 is 2.06 bits per heavy atom. The van der Waals surface area contributed by atoms with Crippen LogP contribution in [-0.2, 0) is 0 Å². The fraction of sp³-hybridized carbons (Fsp3) is 0. The van der Waals surface area contributed by atoms with Crippen molar-refractivity contribution in [1.82, 2.24) is 15.0 Å². The van der Waals surface area contributed by atoms with E-state index in [0.29, 0.717) is 10.7 Å². The minimum Gasteiger partial charge on any atom is -0.395 e. The molecule has 0 spiro atoms. The second-order valence-corrected chi connectivity index (χ2v) is 5.08. The van der Waals surface area contributed by atoms with Crippen molar-refractivity contribution in [2.24, 2.45) is 0 Å². The Hall–Kier alpha value is -0.850. The van der Waals surface area contributed by atoms with E-state index < -0.39 is 0 Å². The highest BCUT2D eigenvalue weighted by Crippen LogP contribution is 2.29. The monoisotopic (exact) mass is 316 g/mol. The number of halogens is 2. The Labute approximate surface area is 110 Å². The molecule has 2 aromatic rings. The zero-order valence-corrected chi connectivity index (χ0v) is 11.1. The second-order valence-electron chi connectivity index (χ2n) is 2.82. The van der Waals surface area contributed by atoms with Gasteiger partial charge in [-0.2, -0.15) is 0 Å². The maximum atomic E-state index is 5.73. The predicted octanol–water partition coefficient (Wildman–Crippen LogP) is 3.02. The van der Waals surface area contributed by atoms with E-state index in [2.05, 4.69) is 30.9 Å². The van der Waals surface area contributed by atoms with Crippen LogP contribution in [0.4, 0.5) is 5.69 Å². The molecule has 0 radical (unpaired) electrons. The Morgan fingerprint density at radius 1 is 1.25 bits per heavy atom. The maximum absolute atomic E-state index is 5.73. The number of hydrogen-bond acceptors (Lipinski definition) is 5. The Bertz CT molecular complexity index is 505. The molecule has 4 nitrogen and oxygen atoms in total. The topological polar surface area (TPSA) is 64.7 Å². The number of anilines is 1. The zero-order valence-electron chi connectivity index (χ0n) is 7.89. The van der Waals surface area contributed by atoms with Crippen molar-refractivity contribution < 1.29 is 0 Å². The van der Waals surface area contributed by atoms with Crippen molar-refractivity contribution in [3.05, 3.63) is 34.3 Å². The summed E-state index contributed by atoms with van der Waals surface area (Å²) >= 11 is 10.3. The molecule has 0 bridgehead atoms. The molecule has 0 unspecified atom stereocenters. The van der Waals surface area contributed by atoms with Gasteiger partial charge in [0.25, 0.3) is 0 Å². The van der Waals surface area contributed by atoms with E-state index in [1.807, 2.05) is 12.1 Å². The van der Waals surface area contributed by atoms with Gasteiger partial charge in [-0.05, 0) is 51.4 Å². The van der Waals surface area contributed by atoms with Crippen molar-refractivity contribution in [2.45, 2.75) is 10.1 Å². The van der Waals surface area contributed by atoms with Crippen molar-refractivity contribution in [3.8, 4) is 0 Å². The van der Waals surface area contributed by atoms with Gasteiger partial charge in [-0.25, -0.2) is 15.0 Å². The Balaban J connectivity index is 2.26. The third-order valence-corrected chi connectivity index (χ3v) is 3.27. The molecule has 0 aliphatic heterocycles. The number of nitrogen functional groups attached to an aromatic ring is 1. The minimum absolute atomic E-state index is 0.175. The van der Waals surface area contributed by atoms with Crippen LogP contribution in [-0.4, -0.2) is 15.0 Å². The zero-order chi connectivity index (χ0) is 11.5. The summed E-state index contributed by atoms with van der Waals surface area (Å²) < 4.78 is 0.922. The smallest absolute Gasteiger partial charge is 0.223 e. The lowest BCUT2D eigenvalue weighted by molar-refractivity contribution is 1.04. The van der Waals surface area contributed by atoms with Crippen LogP contribution in [0.5, 0.6) is 0 Å². The minimum atomic E-state index is 0.175. The van der Waals surface area contributed by atoms with Gasteiger partial charge in [0.2, 0.25) is 5.28 Å². The second kappa shape index (κ2) is 4.99. The van der Waals surface area contributed by atoms with Gasteiger partial charge < -0.3 is 5.73 Å². The van der Waals surface area contributed by atoms with Crippen molar-refractivity contribution in [2.75, 3.05) is 5.73 Å². The third kappa shape index (κ3) is 2.84. The summed E-state index contributed by atoms with van der Waals surface area (Å²) in [4.78, 5) is 12.0. The lowest BCUT2D eigenvalue weighted by atomic mass is 10.5. The first kappa shape index (κ1) is 11.6. The molecule has 16 heavy (non-hydrogen) atoms. The standard InChI is InChI=1S/C9H6BrClN4S/c10-5-1-2-7(13-3-5)16-8-6(12)4-14-9(11)15-8/h1-4H,12H2. The molecule has 82 valence electrons. The first-order valence-electron chi connectivity index (χ1n) is 4.22. The largest absolute Gasteiger partial charge is 0.395 e. The highest BCUT2D eigenvalue weighted by molar-refractivity contribution is 9.10. The number of aromatic nitrogens is 3. The van der Waals surface area contributed by atoms with Crippen molar-refractivity contribution in [1.29, 1.82) is 0 Å². The van der Waals surface area contributed by atoms with Crippen LogP contribution in [0.2, 0.25) is 5.28 Å². The van der Waals surface area contributed by atoms with Crippen molar-refractivity contribution >= 4 is 45.0 Å². The van der Waals surface area contributed by atoms with Crippen LogP contribution in [0.1, 0.15) is 0 Å². The van der Waals surface area contributed by atoms with Gasteiger partial charge in [-0.3, -0.25) is 0 Å². The molecule has 2 rings (SSSR count). The summed E-state index contributed by atoms with van der Waals surface area (Å²) in [5, 5.41) is 1.58. The molecular formula is C9H6BrClN4S. The van der Waals surface area contributed by atoms with Gasteiger partial charge in [0.15, 0.2) is 0 Å². The van der Waals surface area contributed by atoms with Crippen LogP contribution in [0.25, 0.3) is 0 Å². The van der Waals surface area contributed by atoms with Crippen LogP contribution in [0.3, 0.4) is 0 Å². The van der Waals surface area contributed by atoms with Gasteiger partial charge in [-0.1, -0.05) is 0 Å². The normalized spacial score (nSPS) is 10.4. The van der Waals surface area contributed by atoms with Crippen molar-refractivity contribution in [3.63, 3.8) is 0 Å². The molecule has 0 aliphatic rings. The van der Waals surface area contributed by atoms with Crippen LogP contribution in [0.15, 0.2) is 39.1 Å². The molecule has 0 aromatic carbocycles. The SMILES string of the molecule is Nc1cnc(Cl)nc1Sc1ccc(Br)cn1. The van der Waals surface area contributed by atoms with E-state index in [9.17, 15) is 0 Å². The summed E-state index contributed by atoms with van der Waals surface area (Å²) in [5.74, 6) is 0. The first-order chi connectivity index (χ1) is 7.65. The Kier molecular flexibility index (Phi) is 3.63. The average Bonchev–Trinajstić information content (AvgIpc) is 2.27. The summed E-state index contributed by atoms with van der Waals surface area (Å²) in [5.41, 5.74) is 6.21. The molecule has 0 saturated heterocycles. The molecule has 0 saturated carbocycles. The van der Waals surface area contributed by atoms with Crippen LogP contribution < -0.4 is 5.73 Å². The quantitative estimate of drug-likeness (QED) is 0.681. The van der Waals surface area contributed by atoms with Gasteiger partial charge in [-0.15, -0.1) is 0 Å². The predicted molar refractivity (Wildman–Crippen MR) is 67.5 cm³/mol. The molecule has 0 amide bonds. The fourth-order valence-electron chi connectivity index (χ4n) is 0.959. The number of nitrogens with zero attached hydrogens (tertiary/aromatic N) is 3. The van der Waals surface area contributed by atoms with E-state index >= 15 is 0 Å². The molecule has 7 heteroatoms. The summed E-state index contributed by atoms with van der Waals surface area (Å²) in [6, 6.07) is 3.76. The number of rotatable bonds is 2. The fourth-order valence-corrected chi connectivity index (χ4v) is 2.12.